The molecule has 0 radical (unpaired) electrons. The molecule has 18 heavy (non-hydrogen) atoms. The van der Waals surface area contributed by atoms with Gasteiger partial charge in [-0.25, -0.2) is 4.98 Å². The van der Waals surface area contributed by atoms with Crippen LogP contribution in [0, 0.1) is 0 Å². The van der Waals surface area contributed by atoms with Gasteiger partial charge in [0.05, 0.1) is 13.2 Å². The Labute approximate surface area is 108 Å². The molecule has 1 unspecified atom stereocenters. The largest absolute Gasteiger partial charge is 0.497 e. The van der Waals surface area contributed by atoms with Crippen molar-refractivity contribution in [3.8, 4) is 5.75 Å². The van der Waals surface area contributed by atoms with E-state index in [1.54, 1.807) is 7.11 Å². The molecule has 0 aliphatic heterocycles. The molecule has 1 N–H and O–H groups in total. The molecule has 2 rings (SSSR count). The maximum absolute atomic E-state index is 5.17. The molecule has 1 aromatic carbocycles. The van der Waals surface area contributed by atoms with Crippen molar-refractivity contribution < 1.29 is 4.74 Å². The minimum absolute atomic E-state index is 0.243. The molecule has 0 spiro atoms. The van der Waals surface area contributed by atoms with Gasteiger partial charge in [-0.2, -0.15) is 0 Å². The van der Waals surface area contributed by atoms with Crippen molar-refractivity contribution in [3.63, 3.8) is 0 Å². The van der Waals surface area contributed by atoms with Crippen molar-refractivity contribution in [2.45, 2.75) is 19.9 Å². The van der Waals surface area contributed by atoms with Crippen LogP contribution in [0.1, 0.15) is 25.5 Å². The van der Waals surface area contributed by atoms with E-state index in [9.17, 15) is 0 Å². The van der Waals surface area contributed by atoms with E-state index >= 15 is 0 Å². The van der Waals surface area contributed by atoms with Crippen LogP contribution in [0.2, 0.25) is 0 Å². The van der Waals surface area contributed by atoms with Gasteiger partial charge >= 0.3 is 0 Å². The second kappa shape index (κ2) is 5.58. The standard InChI is InChI=1S/C14H19N3O/c1-4-15-14-16-9-10-17(14)11(2)12-5-7-13(18-3)8-6-12/h5-11H,4H2,1-3H3,(H,15,16). The first-order chi connectivity index (χ1) is 8.76. The van der Waals surface area contributed by atoms with Crippen molar-refractivity contribution in [2.24, 2.45) is 0 Å². The minimum atomic E-state index is 0.243. The van der Waals surface area contributed by atoms with Crippen molar-refractivity contribution in [1.29, 1.82) is 0 Å². The number of hydrogen-bond acceptors (Lipinski definition) is 3. The van der Waals surface area contributed by atoms with E-state index in [1.807, 2.05) is 24.5 Å². The third-order valence-corrected chi connectivity index (χ3v) is 3.02. The van der Waals surface area contributed by atoms with E-state index in [0.717, 1.165) is 18.2 Å². The second-order valence-corrected chi connectivity index (χ2v) is 4.14. The number of benzene rings is 1. The molecule has 2 aromatic rings. The third kappa shape index (κ3) is 2.47. The van der Waals surface area contributed by atoms with Crippen molar-refractivity contribution >= 4 is 5.95 Å². The molecule has 96 valence electrons. The first-order valence-electron chi connectivity index (χ1n) is 6.17. The molecular formula is C14H19N3O. The zero-order valence-electron chi connectivity index (χ0n) is 11.1. The number of rotatable bonds is 5. The lowest BCUT2D eigenvalue weighted by Crippen LogP contribution is -2.11. The molecule has 0 fully saturated rings. The highest BCUT2D eigenvalue weighted by molar-refractivity contribution is 5.33. The summed E-state index contributed by atoms with van der Waals surface area (Å²) in [4.78, 5) is 4.31. The molecule has 1 atom stereocenters. The number of imidazole rings is 1. The summed E-state index contributed by atoms with van der Waals surface area (Å²) in [6.07, 6.45) is 3.81. The van der Waals surface area contributed by atoms with Crippen LogP contribution in [0.3, 0.4) is 0 Å². The fraction of sp³-hybridized carbons (Fsp3) is 0.357. The first kappa shape index (κ1) is 12.5. The highest BCUT2D eigenvalue weighted by Crippen LogP contribution is 2.23. The summed E-state index contributed by atoms with van der Waals surface area (Å²) in [6, 6.07) is 8.37. The highest BCUT2D eigenvalue weighted by Gasteiger charge is 2.11. The summed E-state index contributed by atoms with van der Waals surface area (Å²) in [7, 11) is 1.68. The average Bonchev–Trinajstić information content (AvgIpc) is 2.87. The maximum Gasteiger partial charge on any atom is 0.203 e. The summed E-state index contributed by atoms with van der Waals surface area (Å²) in [5.41, 5.74) is 1.23. The monoisotopic (exact) mass is 245 g/mol. The van der Waals surface area contributed by atoms with E-state index < -0.39 is 0 Å². The Morgan fingerprint density at radius 2 is 2.06 bits per heavy atom. The predicted molar refractivity (Wildman–Crippen MR) is 73.2 cm³/mol. The van der Waals surface area contributed by atoms with Crippen LogP contribution in [-0.4, -0.2) is 23.2 Å². The van der Waals surface area contributed by atoms with E-state index in [4.69, 9.17) is 4.74 Å². The van der Waals surface area contributed by atoms with Gasteiger partial charge < -0.3 is 14.6 Å². The van der Waals surface area contributed by atoms with E-state index in [1.165, 1.54) is 5.56 Å². The Balaban J connectivity index is 2.23. The summed E-state index contributed by atoms with van der Waals surface area (Å²) in [5.74, 6) is 1.78. The van der Waals surface area contributed by atoms with Crippen LogP contribution >= 0.6 is 0 Å². The normalized spacial score (nSPS) is 12.2. The minimum Gasteiger partial charge on any atom is -0.497 e. The van der Waals surface area contributed by atoms with Gasteiger partial charge in [0.25, 0.3) is 0 Å². The Morgan fingerprint density at radius 3 is 2.67 bits per heavy atom. The molecule has 0 bridgehead atoms. The number of anilines is 1. The summed E-state index contributed by atoms with van der Waals surface area (Å²) in [6.45, 7) is 5.09. The fourth-order valence-electron chi connectivity index (χ4n) is 1.96. The van der Waals surface area contributed by atoms with Gasteiger partial charge in [-0.3, -0.25) is 0 Å². The van der Waals surface area contributed by atoms with Crippen LogP contribution in [0.5, 0.6) is 5.75 Å². The Morgan fingerprint density at radius 1 is 1.33 bits per heavy atom. The first-order valence-corrected chi connectivity index (χ1v) is 6.17. The number of ether oxygens (including phenoxy) is 1. The zero-order chi connectivity index (χ0) is 13.0. The Kier molecular flexibility index (Phi) is 3.87. The zero-order valence-corrected chi connectivity index (χ0v) is 11.1. The summed E-state index contributed by atoms with van der Waals surface area (Å²) in [5, 5.41) is 3.26. The van der Waals surface area contributed by atoms with Gasteiger partial charge in [-0.1, -0.05) is 12.1 Å². The van der Waals surface area contributed by atoms with Gasteiger partial charge in [-0.05, 0) is 31.5 Å². The van der Waals surface area contributed by atoms with Crippen molar-refractivity contribution in [2.75, 3.05) is 19.0 Å². The average molecular weight is 245 g/mol. The van der Waals surface area contributed by atoms with Crippen molar-refractivity contribution in [3.05, 3.63) is 42.2 Å². The van der Waals surface area contributed by atoms with Crippen LogP contribution in [-0.2, 0) is 0 Å². The fourth-order valence-corrected chi connectivity index (χ4v) is 1.96. The van der Waals surface area contributed by atoms with Gasteiger partial charge in [0, 0.05) is 18.9 Å². The van der Waals surface area contributed by atoms with E-state index in [0.29, 0.717) is 0 Å². The number of hydrogen-bond donors (Lipinski definition) is 1. The van der Waals surface area contributed by atoms with E-state index in [2.05, 4.69) is 40.8 Å². The van der Waals surface area contributed by atoms with Crippen LogP contribution < -0.4 is 10.1 Å². The van der Waals surface area contributed by atoms with E-state index in [-0.39, 0.29) is 6.04 Å². The topological polar surface area (TPSA) is 39.1 Å². The highest BCUT2D eigenvalue weighted by atomic mass is 16.5. The third-order valence-electron chi connectivity index (χ3n) is 3.02. The lowest BCUT2D eigenvalue weighted by atomic mass is 10.1. The number of nitrogens with zero attached hydrogens (tertiary/aromatic N) is 2. The molecule has 0 aliphatic carbocycles. The van der Waals surface area contributed by atoms with Gasteiger partial charge in [0.15, 0.2) is 0 Å². The molecule has 1 heterocycles. The molecule has 4 heteroatoms. The Bertz CT molecular complexity index is 490. The molecule has 4 nitrogen and oxygen atoms in total. The van der Waals surface area contributed by atoms with Gasteiger partial charge in [-0.15, -0.1) is 0 Å². The molecular weight excluding hydrogens is 226 g/mol. The van der Waals surface area contributed by atoms with Gasteiger partial charge in [0.2, 0.25) is 5.95 Å². The lowest BCUT2D eigenvalue weighted by Gasteiger charge is -2.17. The number of aromatic nitrogens is 2. The maximum atomic E-state index is 5.17. The SMILES string of the molecule is CCNc1nccn1C(C)c1ccc(OC)cc1. The molecule has 1 aromatic heterocycles. The second-order valence-electron chi connectivity index (χ2n) is 4.14. The van der Waals surface area contributed by atoms with Crippen LogP contribution in [0.15, 0.2) is 36.7 Å². The quantitative estimate of drug-likeness (QED) is 0.880. The lowest BCUT2D eigenvalue weighted by molar-refractivity contribution is 0.414. The predicted octanol–water partition coefficient (Wildman–Crippen LogP) is 2.93. The van der Waals surface area contributed by atoms with Crippen LogP contribution in [0.4, 0.5) is 5.95 Å². The summed E-state index contributed by atoms with van der Waals surface area (Å²) < 4.78 is 7.30. The molecule has 0 saturated heterocycles. The van der Waals surface area contributed by atoms with Crippen molar-refractivity contribution in [1.82, 2.24) is 9.55 Å². The molecule has 0 aliphatic rings. The Hall–Kier alpha value is -1.97. The molecule has 0 saturated carbocycles. The molecule has 0 amide bonds. The smallest absolute Gasteiger partial charge is 0.203 e. The van der Waals surface area contributed by atoms with Gasteiger partial charge in [0.1, 0.15) is 5.75 Å². The summed E-state index contributed by atoms with van der Waals surface area (Å²) >= 11 is 0. The number of methoxy groups -OCH3 is 1. The van der Waals surface area contributed by atoms with Crippen LogP contribution in [0.25, 0.3) is 0 Å². The number of nitrogens with one attached hydrogen (secondary N) is 1.